The molecule has 0 fully saturated rings. The Morgan fingerprint density at radius 3 is 2.38 bits per heavy atom. The van der Waals surface area contributed by atoms with Crippen molar-refractivity contribution in [3.8, 4) is 11.3 Å². The third kappa shape index (κ3) is 2.86. The number of benzene rings is 1. The minimum absolute atomic E-state index is 0.259. The van der Waals surface area contributed by atoms with Crippen LogP contribution >= 0.6 is 0 Å². The highest BCUT2D eigenvalue weighted by atomic mass is 19.1. The molecule has 84 valence electrons. The van der Waals surface area contributed by atoms with Crippen molar-refractivity contribution in [2.24, 2.45) is 0 Å². The number of hydrogen-bond acceptors (Lipinski definition) is 2. The van der Waals surface area contributed by atoms with Crippen LogP contribution in [0.15, 0.2) is 36.7 Å². The van der Waals surface area contributed by atoms with Gasteiger partial charge in [0.15, 0.2) is 0 Å². The number of nitrogens with zero attached hydrogens (tertiary/aromatic N) is 2. The van der Waals surface area contributed by atoms with Gasteiger partial charge in [0.25, 0.3) is 0 Å². The standard InChI is InChI=1S/C11H9FN2.C2H6/c1-8-6-11(14-7-13-8)9-4-2-3-5-10(9)12;1-2/h2-7H,1H3;1-2H3. The van der Waals surface area contributed by atoms with Gasteiger partial charge in [-0.1, -0.05) is 26.0 Å². The van der Waals surface area contributed by atoms with Gasteiger partial charge in [0.1, 0.15) is 12.1 Å². The fourth-order valence-electron chi connectivity index (χ4n) is 1.27. The van der Waals surface area contributed by atoms with Crippen LogP contribution in [0.1, 0.15) is 19.5 Å². The zero-order chi connectivity index (χ0) is 12.0. The van der Waals surface area contributed by atoms with Crippen LogP contribution in [0, 0.1) is 12.7 Å². The van der Waals surface area contributed by atoms with Gasteiger partial charge in [-0.2, -0.15) is 0 Å². The summed E-state index contributed by atoms with van der Waals surface area (Å²) in [4.78, 5) is 7.98. The molecule has 0 aliphatic rings. The maximum Gasteiger partial charge on any atom is 0.132 e. The maximum absolute atomic E-state index is 13.3. The molecule has 0 amide bonds. The van der Waals surface area contributed by atoms with E-state index in [4.69, 9.17) is 0 Å². The number of halogens is 1. The van der Waals surface area contributed by atoms with Crippen LogP contribution in [0.4, 0.5) is 4.39 Å². The van der Waals surface area contributed by atoms with Crippen LogP contribution in [-0.4, -0.2) is 9.97 Å². The Hall–Kier alpha value is -1.77. The number of rotatable bonds is 1. The van der Waals surface area contributed by atoms with E-state index in [1.807, 2.05) is 20.8 Å². The molecule has 0 N–H and O–H groups in total. The third-order valence-electron chi connectivity index (χ3n) is 1.95. The molecule has 1 aromatic heterocycles. The van der Waals surface area contributed by atoms with Crippen molar-refractivity contribution < 1.29 is 4.39 Å². The normalized spacial score (nSPS) is 9.25. The summed E-state index contributed by atoms with van der Waals surface area (Å²) in [6.45, 7) is 5.85. The molecule has 0 saturated carbocycles. The summed E-state index contributed by atoms with van der Waals surface area (Å²) in [6.07, 6.45) is 1.44. The second-order valence-corrected chi connectivity index (χ2v) is 3.02. The summed E-state index contributed by atoms with van der Waals surface area (Å²) >= 11 is 0. The summed E-state index contributed by atoms with van der Waals surface area (Å²) in [5.41, 5.74) is 1.96. The van der Waals surface area contributed by atoms with E-state index in [2.05, 4.69) is 9.97 Å². The summed E-state index contributed by atoms with van der Waals surface area (Å²) in [5, 5.41) is 0. The minimum Gasteiger partial charge on any atom is -0.242 e. The van der Waals surface area contributed by atoms with Gasteiger partial charge in [0.2, 0.25) is 0 Å². The Kier molecular flexibility index (Phi) is 4.58. The van der Waals surface area contributed by atoms with Crippen molar-refractivity contribution in [2.75, 3.05) is 0 Å². The smallest absolute Gasteiger partial charge is 0.132 e. The SMILES string of the molecule is CC.Cc1cc(-c2ccccc2F)ncn1. The van der Waals surface area contributed by atoms with Gasteiger partial charge in [-0.05, 0) is 25.1 Å². The van der Waals surface area contributed by atoms with Gasteiger partial charge >= 0.3 is 0 Å². The molecule has 16 heavy (non-hydrogen) atoms. The highest BCUT2D eigenvalue weighted by Crippen LogP contribution is 2.19. The summed E-state index contributed by atoms with van der Waals surface area (Å²) < 4.78 is 13.3. The Bertz CT molecular complexity index is 455. The lowest BCUT2D eigenvalue weighted by atomic mass is 10.1. The molecule has 0 radical (unpaired) electrons. The van der Waals surface area contributed by atoms with Crippen LogP contribution in [0.2, 0.25) is 0 Å². The molecule has 1 heterocycles. The molecule has 0 aliphatic heterocycles. The van der Waals surface area contributed by atoms with Crippen molar-refractivity contribution in [3.63, 3.8) is 0 Å². The largest absolute Gasteiger partial charge is 0.242 e. The lowest BCUT2D eigenvalue weighted by molar-refractivity contribution is 0.630. The van der Waals surface area contributed by atoms with Crippen molar-refractivity contribution in [1.82, 2.24) is 9.97 Å². The Balaban J connectivity index is 0.000000606. The molecule has 2 nitrogen and oxygen atoms in total. The lowest BCUT2D eigenvalue weighted by Crippen LogP contribution is -1.90. The predicted molar refractivity (Wildman–Crippen MR) is 63.5 cm³/mol. The summed E-state index contributed by atoms with van der Waals surface area (Å²) in [5.74, 6) is -0.259. The second kappa shape index (κ2) is 5.95. The van der Waals surface area contributed by atoms with E-state index in [0.717, 1.165) is 5.69 Å². The molecule has 0 aliphatic carbocycles. The first kappa shape index (κ1) is 12.3. The van der Waals surface area contributed by atoms with E-state index < -0.39 is 0 Å². The first-order chi connectivity index (χ1) is 7.77. The van der Waals surface area contributed by atoms with Crippen LogP contribution in [0.25, 0.3) is 11.3 Å². The van der Waals surface area contributed by atoms with Gasteiger partial charge in [-0.25, -0.2) is 14.4 Å². The van der Waals surface area contributed by atoms with Gasteiger partial charge in [-0.3, -0.25) is 0 Å². The zero-order valence-electron chi connectivity index (χ0n) is 9.74. The molecule has 0 unspecified atom stereocenters. The quantitative estimate of drug-likeness (QED) is 0.730. The molecule has 1 aromatic carbocycles. The predicted octanol–water partition coefficient (Wildman–Crippen LogP) is 3.62. The summed E-state index contributed by atoms with van der Waals surface area (Å²) in [7, 11) is 0. The average Bonchev–Trinajstić information content (AvgIpc) is 2.32. The van der Waals surface area contributed by atoms with Gasteiger partial charge in [0.05, 0.1) is 5.69 Å². The molecular formula is C13H15FN2. The topological polar surface area (TPSA) is 25.8 Å². The zero-order valence-corrected chi connectivity index (χ0v) is 9.74. The Labute approximate surface area is 95.2 Å². The highest BCUT2D eigenvalue weighted by Gasteiger charge is 2.04. The highest BCUT2D eigenvalue weighted by molar-refractivity contribution is 5.59. The van der Waals surface area contributed by atoms with E-state index >= 15 is 0 Å². The Morgan fingerprint density at radius 2 is 1.75 bits per heavy atom. The van der Waals surface area contributed by atoms with E-state index in [1.165, 1.54) is 12.4 Å². The molecule has 2 aromatic rings. The number of aryl methyl sites for hydroxylation is 1. The van der Waals surface area contributed by atoms with E-state index in [-0.39, 0.29) is 5.82 Å². The van der Waals surface area contributed by atoms with Crippen LogP contribution in [0.5, 0.6) is 0 Å². The van der Waals surface area contributed by atoms with Gasteiger partial charge in [-0.15, -0.1) is 0 Å². The summed E-state index contributed by atoms with van der Waals surface area (Å²) in [6, 6.07) is 8.34. The number of aromatic nitrogens is 2. The molecule has 0 spiro atoms. The molecule has 0 atom stereocenters. The van der Waals surface area contributed by atoms with Crippen molar-refractivity contribution in [2.45, 2.75) is 20.8 Å². The van der Waals surface area contributed by atoms with Crippen molar-refractivity contribution >= 4 is 0 Å². The molecular weight excluding hydrogens is 203 g/mol. The Morgan fingerprint density at radius 1 is 1.06 bits per heavy atom. The molecule has 3 heteroatoms. The van der Waals surface area contributed by atoms with E-state index in [0.29, 0.717) is 11.3 Å². The fraction of sp³-hybridized carbons (Fsp3) is 0.231. The monoisotopic (exact) mass is 218 g/mol. The third-order valence-corrected chi connectivity index (χ3v) is 1.95. The molecule has 0 saturated heterocycles. The number of hydrogen-bond donors (Lipinski definition) is 0. The maximum atomic E-state index is 13.3. The van der Waals surface area contributed by atoms with Crippen LogP contribution in [0.3, 0.4) is 0 Å². The first-order valence-corrected chi connectivity index (χ1v) is 5.31. The first-order valence-electron chi connectivity index (χ1n) is 5.31. The molecule has 2 rings (SSSR count). The van der Waals surface area contributed by atoms with Gasteiger partial charge < -0.3 is 0 Å². The van der Waals surface area contributed by atoms with E-state index in [1.54, 1.807) is 24.3 Å². The van der Waals surface area contributed by atoms with Crippen molar-refractivity contribution in [1.29, 1.82) is 0 Å². The van der Waals surface area contributed by atoms with Crippen LogP contribution in [-0.2, 0) is 0 Å². The second-order valence-electron chi connectivity index (χ2n) is 3.02. The molecule has 0 bridgehead atoms. The average molecular weight is 218 g/mol. The fourth-order valence-corrected chi connectivity index (χ4v) is 1.27. The van der Waals surface area contributed by atoms with Crippen molar-refractivity contribution in [3.05, 3.63) is 48.2 Å². The van der Waals surface area contributed by atoms with E-state index in [9.17, 15) is 4.39 Å². The van der Waals surface area contributed by atoms with Gasteiger partial charge in [0, 0.05) is 11.3 Å². The minimum atomic E-state index is -0.259. The lowest BCUT2D eigenvalue weighted by Gasteiger charge is -2.01. The van der Waals surface area contributed by atoms with Crippen LogP contribution < -0.4 is 0 Å².